The smallest absolute Gasteiger partial charge is 0.306 e. The number of nitrogens with zero attached hydrogens (tertiary/aromatic N) is 1. The molecule has 0 aromatic heterocycles. The van der Waals surface area contributed by atoms with Gasteiger partial charge in [0.1, 0.15) is 19.8 Å². The molecule has 0 rings (SSSR count). The Hall–Kier alpha value is -3.07. The van der Waals surface area contributed by atoms with Crippen LogP contribution in [0.15, 0.2) is 97.2 Å². The van der Waals surface area contributed by atoms with Crippen molar-refractivity contribution in [2.24, 2.45) is 0 Å². The standard InChI is InChI=1S/C70H124NO8P/c1-6-8-10-12-14-16-18-20-22-24-26-28-30-32-34-35-37-39-41-43-45-47-49-51-53-55-57-59-61-63-70(73)79-68(67-78-80(74,75)77-65-64-71(3,4)5)66-76-69(72)62-60-58-56-54-52-50-48-46-44-42-40-38-36-33-31-29-27-25-23-21-19-17-15-13-11-9-7-2/h8-11,14-17,20-23,26-29,68H,6-7,12-13,18-19,24-25,30-67H2,1-5H3/b10-8-,11-9-,16-14-,17-15-,22-20-,23-21-,28-26-,29-27-. The Morgan fingerprint density at radius 3 is 1.00 bits per heavy atom. The first kappa shape index (κ1) is 76.9. The van der Waals surface area contributed by atoms with Crippen LogP contribution in [0, 0.1) is 0 Å². The van der Waals surface area contributed by atoms with Crippen LogP contribution >= 0.6 is 7.82 Å². The van der Waals surface area contributed by atoms with Gasteiger partial charge in [0.15, 0.2) is 6.10 Å². The summed E-state index contributed by atoms with van der Waals surface area (Å²) in [6.07, 6.45) is 83.3. The number of phosphoric ester groups is 1. The Balaban J connectivity index is 4.07. The maximum absolute atomic E-state index is 12.9. The van der Waals surface area contributed by atoms with Crippen molar-refractivity contribution in [2.45, 2.75) is 290 Å². The summed E-state index contributed by atoms with van der Waals surface area (Å²) in [7, 11) is 1.17. The highest BCUT2D eigenvalue weighted by Gasteiger charge is 2.22. The summed E-state index contributed by atoms with van der Waals surface area (Å²) in [6.45, 7) is 4.04. The van der Waals surface area contributed by atoms with Crippen LogP contribution in [0.3, 0.4) is 0 Å². The molecule has 0 N–H and O–H groups in total. The number of allylic oxidation sites excluding steroid dienone is 16. The Kier molecular flexibility index (Phi) is 58.2. The minimum atomic E-state index is -4.64. The van der Waals surface area contributed by atoms with Crippen LogP contribution in [-0.4, -0.2) is 70.0 Å². The monoisotopic (exact) mass is 1140 g/mol. The van der Waals surface area contributed by atoms with E-state index in [1.165, 1.54) is 161 Å². The van der Waals surface area contributed by atoms with Crippen molar-refractivity contribution < 1.29 is 42.1 Å². The summed E-state index contributed by atoms with van der Waals surface area (Å²) in [6, 6.07) is 0. The zero-order valence-electron chi connectivity index (χ0n) is 52.5. The molecule has 0 fully saturated rings. The predicted molar refractivity (Wildman–Crippen MR) is 342 cm³/mol. The molecule has 2 atom stereocenters. The molecule has 0 aliphatic rings. The first-order chi connectivity index (χ1) is 39.0. The van der Waals surface area contributed by atoms with Crippen LogP contribution in [0.25, 0.3) is 0 Å². The highest BCUT2D eigenvalue weighted by Crippen LogP contribution is 2.38. The van der Waals surface area contributed by atoms with Gasteiger partial charge in [0, 0.05) is 12.8 Å². The van der Waals surface area contributed by atoms with Crippen molar-refractivity contribution >= 4 is 19.8 Å². The molecule has 2 unspecified atom stereocenters. The number of hydrogen-bond acceptors (Lipinski definition) is 8. The average Bonchev–Trinajstić information content (AvgIpc) is 3.42. The molecule has 462 valence electrons. The topological polar surface area (TPSA) is 111 Å². The van der Waals surface area contributed by atoms with Crippen molar-refractivity contribution in [3.63, 3.8) is 0 Å². The minimum Gasteiger partial charge on any atom is -0.756 e. The average molecular weight is 1140 g/mol. The third-order valence-electron chi connectivity index (χ3n) is 14.1. The van der Waals surface area contributed by atoms with E-state index < -0.39 is 26.5 Å². The van der Waals surface area contributed by atoms with E-state index in [0.29, 0.717) is 17.4 Å². The zero-order chi connectivity index (χ0) is 58.4. The molecule has 10 heteroatoms. The molecule has 0 bridgehead atoms. The molecule has 0 radical (unpaired) electrons. The lowest BCUT2D eigenvalue weighted by Crippen LogP contribution is -2.37. The zero-order valence-corrected chi connectivity index (χ0v) is 53.4. The van der Waals surface area contributed by atoms with E-state index in [0.717, 1.165) is 89.9 Å². The molecule has 0 aromatic rings. The van der Waals surface area contributed by atoms with Crippen LogP contribution in [0.2, 0.25) is 0 Å². The number of esters is 2. The van der Waals surface area contributed by atoms with Gasteiger partial charge < -0.3 is 27.9 Å². The fourth-order valence-corrected chi connectivity index (χ4v) is 9.84. The number of unbranched alkanes of at least 4 members (excludes halogenated alkanes) is 30. The van der Waals surface area contributed by atoms with E-state index >= 15 is 0 Å². The number of rotatable bonds is 60. The molecule has 0 heterocycles. The number of carbonyl (C=O) groups is 2. The van der Waals surface area contributed by atoms with E-state index in [4.69, 9.17) is 18.5 Å². The third kappa shape index (κ3) is 64.1. The highest BCUT2D eigenvalue weighted by molar-refractivity contribution is 7.45. The summed E-state index contributed by atoms with van der Waals surface area (Å²) < 4.78 is 34.3. The first-order valence-corrected chi connectivity index (χ1v) is 34.4. The lowest BCUT2D eigenvalue weighted by Gasteiger charge is -2.28. The Bertz CT molecular complexity index is 1670. The van der Waals surface area contributed by atoms with Gasteiger partial charge >= 0.3 is 11.9 Å². The summed E-state index contributed by atoms with van der Waals surface area (Å²) in [5, 5.41) is 0. The predicted octanol–water partition coefficient (Wildman–Crippen LogP) is 20.5. The first-order valence-electron chi connectivity index (χ1n) is 32.9. The number of quaternary nitrogens is 1. The van der Waals surface area contributed by atoms with Crippen LogP contribution in [0.4, 0.5) is 0 Å². The summed E-state index contributed by atoms with van der Waals surface area (Å²) in [5.41, 5.74) is 0. The highest BCUT2D eigenvalue weighted by atomic mass is 31.2. The van der Waals surface area contributed by atoms with Gasteiger partial charge in [-0.15, -0.1) is 0 Å². The molecule has 0 aliphatic heterocycles. The van der Waals surface area contributed by atoms with Crippen molar-refractivity contribution in [3.05, 3.63) is 97.2 Å². The van der Waals surface area contributed by atoms with E-state index in [-0.39, 0.29) is 32.0 Å². The van der Waals surface area contributed by atoms with Crippen molar-refractivity contribution in [2.75, 3.05) is 47.5 Å². The maximum atomic E-state index is 12.9. The summed E-state index contributed by atoms with van der Waals surface area (Å²) in [5.74, 6) is -0.828. The molecule has 0 spiro atoms. The lowest BCUT2D eigenvalue weighted by molar-refractivity contribution is -0.870. The third-order valence-corrected chi connectivity index (χ3v) is 15.1. The Morgan fingerprint density at radius 1 is 0.388 bits per heavy atom. The molecular weight excluding hydrogens is 1010 g/mol. The second-order valence-corrected chi connectivity index (χ2v) is 24.5. The van der Waals surface area contributed by atoms with Gasteiger partial charge in [-0.05, 0) is 89.9 Å². The number of carbonyl (C=O) groups excluding carboxylic acids is 2. The van der Waals surface area contributed by atoms with E-state index in [1.54, 1.807) is 0 Å². The van der Waals surface area contributed by atoms with E-state index in [2.05, 4.69) is 111 Å². The van der Waals surface area contributed by atoms with Gasteiger partial charge in [0.25, 0.3) is 7.82 Å². The molecule has 0 aliphatic carbocycles. The van der Waals surface area contributed by atoms with Crippen LogP contribution < -0.4 is 4.89 Å². The maximum Gasteiger partial charge on any atom is 0.306 e. The second kappa shape index (κ2) is 60.5. The van der Waals surface area contributed by atoms with Gasteiger partial charge in [0.05, 0.1) is 27.7 Å². The number of phosphoric acid groups is 1. The summed E-state index contributed by atoms with van der Waals surface area (Å²) >= 11 is 0. The van der Waals surface area contributed by atoms with Crippen molar-refractivity contribution in [3.8, 4) is 0 Å². The molecule has 0 saturated heterocycles. The molecule has 0 saturated carbocycles. The molecular formula is C70H124NO8P. The second-order valence-electron chi connectivity index (χ2n) is 23.1. The molecule has 9 nitrogen and oxygen atoms in total. The molecule has 80 heavy (non-hydrogen) atoms. The van der Waals surface area contributed by atoms with Gasteiger partial charge in [-0.25, -0.2) is 0 Å². The molecule has 0 amide bonds. The van der Waals surface area contributed by atoms with E-state index in [1.807, 2.05) is 21.1 Å². The largest absolute Gasteiger partial charge is 0.756 e. The number of likely N-dealkylation sites (N-methyl/N-ethyl adjacent to an activating group) is 1. The molecule has 0 aromatic carbocycles. The van der Waals surface area contributed by atoms with Gasteiger partial charge in [-0.3, -0.25) is 14.2 Å². The quantitative estimate of drug-likeness (QED) is 0.0195. The van der Waals surface area contributed by atoms with Gasteiger partial charge in [-0.2, -0.15) is 0 Å². The number of ether oxygens (including phenoxy) is 2. The van der Waals surface area contributed by atoms with E-state index in [9.17, 15) is 19.0 Å². The number of hydrogen-bond donors (Lipinski definition) is 0. The van der Waals surface area contributed by atoms with Crippen molar-refractivity contribution in [1.82, 2.24) is 0 Å². The van der Waals surface area contributed by atoms with Crippen LogP contribution in [0.1, 0.15) is 284 Å². The SMILES string of the molecule is CC/C=C\C/C=C\C/C=C\C/C=C\CCCCCCCCCCCCCCCCCCC(=O)OC(COC(=O)CCCCCCCCCCCCCCCC/C=C\C/C=C\C/C=C\C/C=C\CC)COP(=O)([O-])OCC[N+](C)(C)C. The van der Waals surface area contributed by atoms with Gasteiger partial charge in [-0.1, -0.05) is 278 Å². The Labute approximate surface area is 493 Å². The van der Waals surface area contributed by atoms with Gasteiger partial charge in [0.2, 0.25) is 0 Å². The fraction of sp³-hybridized carbons (Fsp3) is 0.743. The summed E-state index contributed by atoms with van der Waals surface area (Å²) in [4.78, 5) is 38.0. The fourth-order valence-electron chi connectivity index (χ4n) is 9.11. The Morgan fingerprint density at radius 2 is 0.675 bits per heavy atom. The van der Waals surface area contributed by atoms with Crippen LogP contribution in [0.5, 0.6) is 0 Å². The van der Waals surface area contributed by atoms with Crippen LogP contribution in [-0.2, 0) is 32.7 Å². The lowest BCUT2D eigenvalue weighted by atomic mass is 10.0. The normalized spacial score (nSPS) is 13.8. The van der Waals surface area contributed by atoms with Crippen molar-refractivity contribution in [1.29, 1.82) is 0 Å². The minimum absolute atomic E-state index is 0.0331.